The van der Waals surface area contributed by atoms with Gasteiger partial charge in [0.2, 0.25) is 0 Å². The normalized spacial score (nSPS) is 20.8. The van der Waals surface area contributed by atoms with Gasteiger partial charge in [0.25, 0.3) is 0 Å². The molecule has 1 N–H and O–H groups in total. The molecule has 1 aliphatic rings. The van der Waals surface area contributed by atoms with Crippen LogP contribution in [-0.4, -0.2) is 46.5 Å². The molecule has 18 heavy (non-hydrogen) atoms. The Morgan fingerprint density at radius 1 is 1.50 bits per heavy atom. The summed E-state index contributed by atoms with van der Waals surface area (Å²) in [7, 11) is 0. The van der Waals surface area contributed by atoms with Gasteiger partial charge in [0.1, 0.15) is 5.69 Å². The molecule has 2 heterocycles. The molecule has 4 nitrogen and oxygen atoms in total. The lowest BCUT2D eigenvalue weighted by Gasteiger charge is -2.29. The summed E-state index contributed by atoms with van der Waals surface area (Å²) in [5.41, 5.74) is 0.552. The number of rotatable bonds is 5. The van der Waals surface area contributed by atoms with Crippen molar-refractivity contribution in [2.45, 2.75) is 31.8 Å². The van der Waals surface area contributed by atoms with Crippen LogP contribution in [0.5, 0.6) is 0 Å². The van der Waals surface area contributed by atoms with Gasteiger partial charge in [-0.05, 0) is 44.5 Å². The number of pyridine rings is 1. The van der Waals surface area contributed by atoms with E-state index >= 15 is 0 Å². The van der Waals surface area contributed by atoms with Gasteiger partial charge in [-0.25, -0.2) is 0 Å². The SMILES string of the molecule is O=C(CCCN1CCC[C@H](O)C1)c1ccccn1. The zero-order chi connectivity index (χ0) is 12.8. The molecule has 2 rings (SSSR count). The number of likely N-dealkylation sites (tertiary alicyclic amines) is 1. The number of carbonyl (C=O) groups excluding carboxylic acids is 1. The molecular weight excluding hydrogens is 228 g/mol. The number of carbonyl (C=O) groups is 1. The number of Topliss-reactive ketones (excluding diaryl/α,β-unsaturated/α-hetero) is 1. The third kappa shape index (κ3) is 3.89. The van der Waals surface area contributed by atoms with Crippen LogP contribution in [0.1, 0.15) is 36.2 Å². The van der Waals surface area contributed by atoms with Crippen LogP contribution in [-0.2, 0) is 0 Å². The van der Waals surface area contributed by atoms with Crippen LogP contribution >= 0.6 is 0 Å². The number of ketones is 1. The number of aromatic nitrogens is 1. The topological polar surface area (TPSA) is 53.4 Å². The number of aliphatic hydroxyl groups excluding tert-OH is 1. The molecule has 1 atom stereocenters. The highest BCUT2D eigenvalue weighted by Gasteiger charge is 2.17. The molecule has 98 valence electrons. The summed E-state index contributed by atoms with van der Waals surface area (Å²) in [5.74, 6) is 0.105. The van der Waals surface area contributed by atoms with E-state index in [0.717, 1.165) is 38.9 Å². The number of aliphatic hydroxyl groups is 1. The molecule has 0 amide bonds. The molecule has 1 aromatic heterocycles. The molecule has 0 radical (unpaired) electrons. The average Bonchev–Trinajstić information content (AvgIpc) is 2.40. The van der Waals surface area contributed by atoms with Crippen LogP contribution in [0.4, 0.5) is 0 Å². The molecule has 0 saturated carbocycles. The van der Waals surface area contributed by atoms with E-state index < -0.39 is 0 Å². The van der Waals surface area contributed by atoms with E-state index in [-0.39, 0.29) is 11.9 Å². The fraction of sp³-hybridized carbons (Fsp3) is 0.571. The Bertz CT molecular complexity index is 381. The largest absolute Gasteiger partial charge is 0.392 e. The molecule has 1 fully saturated rings. The van der Waals surface area contributed by atoms with Crippen molar-refractivity contribution in [1.82, 2.24) is 9.88 Å². The number of piperidine rings is 1. The second-order valence-corrected chi connectivity index (χ2v) is 4.84. The van der Waals surface area contributed by atoms with Crippen molar-refractivity contribution in [3.63, 3.8) is 0 Å². The van der Waals surface area contributed by atoms with Crippen LogP contribution in [0.25, 0.3) is 0 Å². The van der Waals surface area contributed by atoms with Crippen LogP contribution in [0.15, 0.2) is 24.4 Å². The molecule has 0 bridgehead atoms. The highest BCUT2D eigenvalue weighted by Crippen LogP contribution is 2.11. The molecule has 1 aromatic rings. The Morgan fingerprint density at radius 2 is 2.39 bits per heavy atom. The van der Waals surface area contributed by atoms with Crippen molar-refractivity contribution in [1.29, 1.82) is 0 Å². The van der Waals surface area contributed by atoms with Crippen molar-refractivity contribution in [2.75, 3.05) is 19.6 Å². The van der Waals surface area contributed by atoms with Crippen molar-refractivity contribution >= 4 is 5.78 Å². The summed E-state index contributed by atoms with van der Waals surface area (Å²) >= 11 is 0. The van der Waals surface area contributed by atoms with Gasteiger partial charge >= 0.3 is 0 Å². The van der Waals surface area contributed by atoms with Gasteiger partial charge in [0.05, 0.1) is 6.10 Å². The van der Waals surface area contributed by atoms with Crippen molar-refractivity contribution in [2.24, 2.45) is 0 Å². The Morgan fingerprint density at radius 3 is 3.11 bits per heavy atom. The summed E-state index contributed by atoms with van der Waals surface area (Å²) in [5, 5.41) is 9.55. The Labute approximate surface area is 108 Å². The van der Waals surface area contributed by atoms with Crippen LogP contribution < -0.4 is 0 Å². The predicted molar refractivity (Wildman–Crippen MR) is 69.5 cm³/mol. The quantitative estimate of drug-likeness (QED) is 0.802. The minimum absolute atomic E-state index is 0.105. The van der Waals surface area contributed by atoms with Crippen molar-refractivity contribution in [3.05, 3.63) is 30.1 Å². The highest BCUT2D eigenvalue weighted by molar-refractivity contribution is 5.94. The van der Waals surface area contributed by atoms with Gasteiger partial charge in [-0.2, -0.15) is 0 Å². The standard InChI is InChI=1S/C14H20N2O2/c17-12-5-3-9-16(11-12)10-4-7-14(18)13-6-1-2-8-15-13/h1-2,6,8,12,17H,3-5,7,9-11H2/t12-/m0/s1. The first-order valence-electron chi connectivity index (χ1n) is 6.60. The summed E-state index contributed by atoms with van der Waals surface area (Å²) in [4.78, 5) is 18.1. The monoisotopic (exact) mass is 248 g/mol. The summed E-state index contributed by atoms with van der Waals surface area (Å²) < 4.78 is 0. The van der Waals surface area contributed by atoms with Gasteiger partial charge in [-0.3, -0.25) is 9.78 Å². The van der Waals surface area contributed by atoms with E-state index in [2.05, 4.69) is 9.88 Å². The van der Waals surface area contributed by atoms with Gasteiger partial charge < -0.3 is 10.0 Å². The molecule has 0 spiro atoms. The lowest BCUT2D eigenvalue weighted by Crippen LogP contribution is -2.38. The second-order valence-electron chi connectivity index (χ2n) is 4.84. The Kier molecular flexibility index (Phi) is 4.84. The zero-order valence-corrected chi connectivity index (χ0v) is 10.6. The van der Waals surface area contributed by atoms with E-state index in [9.17, 15) is 9.90 Å². The highest BCUT2D eigenvalue weighted by atomic mass is 16.3. The number of β-amino-alcohol motifs (C(OH)–C–C–N with tert-alkyl or cyclic N) is 1. The molecule has 1 saturated heterocycles. The first-order valence-corrected chi connectivity index (χ1v) is 6.60. The van der Waals surface area contributed by atoms with E-state index in [1.54, 1.807) is 12.3 Å². The first kappa shape index (κ1) is 13.2. The van der Waals surface area contributed by atoms with E-state index in [4.69, 9.17) is 0 Å². The maximum Gasteiger partial charge on any atom is 0.181 e. The molecular formula is C14H20N2O2. The third-order valence-corrected chi connectivity index (χ3v) is 3.31. The lowest BCUT2D eigenvalue weighted by molar-refractivity contribution is 0.0692. The fourth-order valence-electron chi connectivity index (χ4n) is 2.35. The van der Waals surface area contributed by atoms with E-state index in [1.807, 2.05) is 12.1 Å². The minimum Gasteiger partial charge on any atom is -0.392 e. The molecule has 4 heteroatoms. The minimum atomic E-state index is -0.190. The van der Waals surface area contributed by atoms with Gasteiger partial charge in [0, 0.05) is 19.2 Å². The maximum absolute atomic E-state index is 11.8. The third-order valence-electron chi connectivity index (χ3n) is 3.31. The van der Waals surface area contributed by atoms with Crippen LogP contribution in [0.2, 0.25) is 0 Å². The van der Waals surface area contributed by atoms with Crippen molar-refractivity contribution < 1.29 is 9.90 Å². The number of hydrogen-bond acceptors (Lipinski definition) is 4. The molecule has 0 unspecified atom stereocenters. The van der Waals surface area contributed by atoms with Crippen LogP contribution in [0, 0.1) is 0 Å². The first-order chi connectivity index (χ1) is 8.75. The summed E-state index contributed by atoms with van der Waals surface area (Å²) in [6.07, 6.45) is 4.78. The van der Waals surface area contributed by atoms with Crippen molar-refractivity contribution in [3.8, 4) is 0 Å². The average molecular weight is 248 g/mol. The van der Waals surface area contributed by atoms with E-state index in [0.29, 0.717) is 12.1 Å². The zero-order valence-electron chi connectivity index (χ0n) is 10.6. The van der Waals surface area contributed by atoms with Crippen LogP contribution in [0.3, 0.4) is 0 Å². The Balaban J connectivity index is 1.70. The molecule has 0 aliphatic carbocycles. The second kappa shape index (κ2) is 6.61. The van der Waals surface area contributed by atoms with Gasteiger partial charge in [-0.1, -0.05) is 6.07 Å². The number of nitrogens with zero attached hydrogens (tertiary/aromatic N) is 2. The smallest absolute Gasteiger partial charge is 0.181 e. The summed E-state index contributed by atoms with van der Waals surface area (Å²) in [6, 6.07) is 5.40. The fourth-order valence-corrected chi connectivity index (χ4v) is 2.35. The maximum atomic E-state index is 11.8. The predicted octanol–water partition coefficient (Wildman–Crippen LogP) is 1.50. The lowest BCUT2D eigenvalue weighted by atomic mass is 10.1. The Hall–Kier alpha value is -1.26. The number of hydrogen-bond donors (Lipinski definition) is 1. The molecule has 0 aromatic carbocycles. The van der Waals surface area contributed by atoms with Gasteiger partial charge in [-0.15, -0.1) is 0 Å². The van der Waals surface area contributed by atoms with E-state index in [1.165, 1.54) is 0 Å². The summed E-state index contributed by atoms with van der Waals surface area (Å²) in [6.45, 7) is 2.67. The molecule has 1 aliphatic heterocycles. The van der Waals surface area contributed by atoms with Gasteiger partial charge in [0.15, 0.2) is 5.78 Å².